The summed E-state index contributed by atoms with van der Waals surface area (Å²) in [6.07, 6.45) is 3.24. The molecule has 0 aliphatic heterocycles. The highest BCUT2D eigenvalue weighted by molar-refractivity contribution is 7.07. The molecule has 3 aromatic rings. The molecule has 0 aliphatic rings. The molecular formula is C25H30N6O4S. The van der Waals surface area contributed by atoms with E-state index in [1.165, 1.54) is 4.57 Å². The van der Waals surface area contributed by atoms with E-state index in [1.807, 2.05) is 43.3 Å². The van der Waals surface area contributed by atoms with Gasteiger partial charge >= 0.3 is 5.97 Å². The van der Waals surface area contributed by atoms with E-state index >= 15 is 0 Å². The van der Waals surface area contributed by atoms with Crippen molar-refractivity contribution >= 4 is 51.6 Å². The quantitative estimate of drug-likeness (QED) is 0.414. The number of amides is 1. The topological polar surface area (TPSA) is 123 Å². The van der Waals surface area contributed by atoms with Crippen molar-refractivity contribution in [2.24, 2.45) is 0 Å². The molecule has 0 aliphatic carbocycles. The van der Waals surface area contributed by atoms with Crippen LogP contribution < -0.4 is 20.1 Å². The van der Waals surface area contributed by atoms with Gasteiger partial charge in [0, 0.05) is 55.7 Å². The summed E-state index contributed by atoms with van der Waals surface area (Å²) in [6.45, 7) is 5.20. The van der Waals surface area contributed by atoms with Crippen molar-refractivity contribution < 1.29 is 14.3 Å². The Labute approximate surface area is 212 Å². The second kappa shape index (κ2) is 11.7. The van der Waals surface area contributed by atoms with Crippen LogP contribution in [0.15, 0.2) is 29.2 Å². The van der Waals surface area contributed by atoms with Gasteiger partial charge in [0.25, 0.3) is 11.5 Å². The van der Waals surface area contributed by atoms with E-state index in [1.54, 1.807) is 38.2 Å². The zero-order valence-electron chi connectivity index (χ0n) is 21.0. The van der Waals surface area contributed by atoms with Crippen LogP contribution in [0.3, 0.4) is 0 Å². The summed E-state index contributed by atoms with van der Waals surface area (Å²) < 4.78 is 6.93. The van der Waals surface area contributed by atoms with Crippen LogP contribution in [0.1, 0.15) is 24.2 Å². The number of hydrogen-bond acceptors (Lipinski definition) is 8. The van der Waals surface area contributed by atoms with Crippen molar-refractivity contribution in [3.63, 3.8) is 0 Å². The first kappa shape index (κ1) is 26.7. The average Bonchev–Trinajstić information content (AvgIpc) is 3.41. The smallest absolute Gasteiger partial charge is 0.351 e. The lowest BCUT2D eigenvalue weighted by molar-refractivity contribution is -0.136. The number of carbonyl (C=O) groups excluding carboxylic acids is 2. The van der Waals surface area contributed by atoms with E-state index in [0.29, 0.717) is 28.9 Å². The predicted molar refractivity (Wildman–Crippen MR) is 141 cm³/mol. The van der Waals surface area contributed by atoms with E-state index in [9.17, 15) is 19.6 Å². The molecule has 1 aromatic carbocycles. The van der Waals surface area contributed by atoms with E-state index in [0.717, 1.165) is 28.8 Å². The Hall–Kier alpha value is -3.88. The number of carbonyl (C=O) groups is 2. The van der Waals surface area contributed by atoms with Crippen LogP contribution >= 0.6 is 11.3 Å². The highest BCUT2D eigenvalue weighted by Crippen LogP contribution is 2.23. The normalized spacial score (nSPS) is 12.5. The van der Waals surface area contributed by atoms with Gasteiger partial charge in [-0.25, -0.2) is 4.79 Å². The molecule has 10 nitrogen and oxygen atoms in total. The molecule has 0 saturated heterocycles. The molecule has 0 fully saturated rings. The number of thiazole rings is 1. The number of nitriles is 1. The number of esters is 1. The van der Waals surface area contributed by atoms with Gasteiger partial charge in [-0.2, -0.15) is 5.26 Å². The summed E-state index contributed by atoms with van der Waals surface area (Å²) in [7, 11) is 5.69. The molecule has 0 radical (unpaired) electrons. The molecule has 0 saturated carbocycles. The van der Waals surface area contributed by atoms with Crippen molar-refractivity contribution in [1.29, 1.82) is 5.26 Å². The summed E-state index contributed by atoms with van der Waals surface area (Å²) in [6, 6.07) is 7.39. The molecule has 0 unspecified atom stereocenters. The average molecular weight is 511 g/mol. The molecule has 2 aromatic heterocycles. The monoisotopic (exact) mass is 510 g/mol. The number of fused-ring (bicyclic) bond motifs is 1. The minimum Gasteiger partial charge on any atom is -0.462 e. The lowest BCUT2D eigenvalue weighted by Crippen LogP contribution is -2.33. The maximum absolute atomic E-state index is 13.0. The zero-order chi connectivity index (χ0) is 26.4. The number of rotatable bonds is 9. The second-order valence-electron chi connectivity index (χ2n) is 8.31. The molecule has 1 amide bonds. The summed E-state index contributed by atoms with van der Waals surface area (Å²) in [5, 5.41) is 13.4. The van der Waals surface area contributed by atoms with Gasteiger partial charge in [-0.1, -0.05) is 0 Å². The third kappa shape index (κ3) is 5.67. The van der Waals surface area contributed by atoms with Gasteiger partial charge in [0.05, 0.1) is 12.2 Å². The summed E-state index contributed by atoms with van der Waals surface area (Å²) in [5.74, 6) is -0.842. The van der Waals surface area contributed by atoms with E-state index in [2.05, 4.69) is 10.3 Å². The zero-order valence-corrected chi connectivity index (χ0v) is 21.9. The summed E-state index contributed by atoms with van der Waals surface area (Å²) >= 11 is 1.04. The first-order valence-electron chi connectivity index (χ1n) is 11.5. The number of benzene rings is 1. The maximum Gasteiger partial charge on any atom is 0.351 e. The fraction of sp³-hybridized carbons (Fsp3) is 0.360. The highest BCUT2D eigenvalue weighted by Gasteiger charge is 2.18. The van der Waals surface area contributed by atoms with Gasteiger partial charge in [-0.3, -0.25) is 14.2 Å². The molecule has 3 rings (SSSR count). The molecule has 0 atom stereocenters. The van der Waals surface area contributed by atoms with Crippen molar-refractivity contribution in [3.05, 3.63) is 49.5 Å². The Morgan fingerprint density at radius 1 is 1.25 bits per heavy atom. The van der Waals surface area contributed by atoms with Gasteiger partial charge in [-0.15, -0.1) is 11.3 Å². The van der Waals surface area contributed by atoms with E-state index < -0.39 is 5.97 Å². The number of nitrogens with one attached hydrogen (secondary N) is 2. The predicted octanol–water partition coefficient (Wildman–Crippen LogP) is 1.13. The van der Waals surface area contributed by atoms with Crippen LogP contribution in [-0.4, -0.2) is 72.1 Å². The molecular weight excluding hydrogens is 480 g/mol. The number of hydrogen-bond donors (Lipinski definition) is 2. The van der Waals surface area contributed by atoms with Crippen LogP contribution in [0, 0.1) is 11.3 Å². The molecule has 2 N–H and O–H groups in total. The third-order valence-corrected chi connectivity index (χ3v) is 6.67. The SMILES string of the molecule is CCOC(=O)C(C#N)=c1sc(=CNc2ccc3[nH]cc(C(=O)N(C)CCN(C)C)c3c2)c(=O)n1CC. The van der Waals surface area contributed by atoms with Crippen LogP contribution in [0.25, 0.3) is 22.7 Å². The fourth-order valence-electron chi connectivity index (χ4n) is 3.57. The first-order valence-corrected chi connectivity index (χ1v) is 12.3. The van der Waals surface area contributed by atoms with Crippen molar-refractivity contribution in [1.82, 2.24) is 19.4 Å². The lowest BCUT2D eigenvalue weighted by atomic mass is 10.1. The van der Waals surface area contributed by atoms with E-state index in [-0.39, 0.29) is 28.3 Å². The van der Waals surface area contributed by atoms with Crippen LogP contribution in [-0.2, 0) is 16.1 Å². The standard InChI is InChI=1S/C25H30N6O4S/c1-6-31-23(33)21(36-24(31)18(13-26)25(34)35-7-2)15-27-16-8-9-20-17(12-16)19(14-28-20)22(32)30(5)11-10-29(3)4/h8-9,12,14-15,27-28H,6-7,10-11H2,1-5H3. The Balaban J connectivity index is 1.97. The Morgan fingerprint density at radius 2 is 2.00 bits per heavy atom. The summed E-state index contributed by atoms with van der Waals surface area (Å²) in [4.78, 5) is 44.9. The van der Waals surface area contributed by atoms with Gasteiger partial charge in [0.15, 0.2) is 5.57 Å². The second-order valence-corrected chi connectivity index (χ2v) is 9.34. The lowest BCUT2D eigenvalue weighted by Gasteiger charge is -2.19. The number of aromatic amines is 1. The van der Waals surface area contributed by atoms with Gasteiger partial charge in [0.2, 0.25) is 0 Å². The minimum absolute atomic E-state index is 0.0866. The largest absolute Gasteiger partial charge is 0.462 e. The number of H-pyrrole nitrogens is 1. The molecule has 190 valence electrons. The highest BCUT2D eigenvalue weighted by atomic mass is 32.1. The Morgan fingerprint density at radius 3 is 2.64 bits per heavy atom. The minimum atomic E-state index is -0.756. The van der Waals surface area contributed by atoms with Crippen molar-refractivity contribution in [2.45, 2.75) is 20.4 Å². The molecule has 2 heterocycles. The van der Waals surface area contributed by atoms with E-state index in [4.69, 9.17) is 4.74 Å². The first-order chi connectivity index (χ1) is 17.2. The van der Waals surface area contributed by atoms with Crippen LogP contribution in [0.5, 0.6) is 0 Å². The molecule has 11 heteroatoms. The van der Waals surface area contributed by atoms with Gasteiger partial charge in [0.1, 0.15) is 15.3 Å². The number of aromatic nitrogens is 2. The molecule has 0 bridgehead atoms. The van der Waals surface area contributed by atoms with Crippen molar-refractivity contribution in [2.75, 3.05) is 46.2 Å². The van der Waals surface area contributed by atoms with Crippen LogP contribution in [0.2, 0.25) is 0 Å². The van der Waals surface area contributed by atoms with Gasteiger partial charge in [-0.05, 0) is 46.1 Å². The molecule has 36 heavy (non-hydrogen) atoms. The van der Waals surface area contributed by atoms with Gasteiger partial charge < -0.3 is 24.8 Å². The maximum atomic E-state index is 13.0. The fourth-order valence-corrected chi connectivity index (χ4v) is 4.65. The number of nitrogens with zero attached hydrogens (tertiary/aromatic N) is 4. The molecule has 0 spiro atoms. The number of likely N-dealkylation sites (N-methyl/N-ethyl adjacent to an activating group) is 2. The Kier molecular flexibility index (Phi) is 8.68. The van der Waals surface area contributed by atoms with Crippen molar-refractivity contribution in [3.8, 4) is 6.07 Å². The Bertz CT molecular complexity index is 1490. The third-order valence-electron chi connectivity index (χ3n) is 5.54. The summed E-state index contributed by atoms with van der Waals surface area (Å²) in [5.41, 5.74) is 1.54. The van der Waals surface area contributed by atoms with Crippen LogP contribution in [0.4, 0.5) is 5.69 Å². The number of anilines is 1. The number of ether oxygens (including phenoxy) is 1.